The molecule has 0 aliphatic heterocycles. The van der Waals surface area contributed by atoms with Gasteiger partial charge in [-0.05, 0) is 24.6 Å². The lowest BCUT2D eigenvalue weighted by molar-refractivity contribution is -0.121. The number of benzene rings is 1. The molecule has 0 aliphatic rings. The van der Waals surface area contributed by atoms with Gasteiger partial charge in [-0.15, -0.1) is 0 Å². The fraction of sp³-hybridized carbons (Fsp3) is 0.312. The molecule has 0 spiro atoms. The molecule has 1 atom stereocenters. The van der Waals surface area contributed by atoms with Crippen LogP contribution in [0.4, 0.5) is 0 Å². The summed E-state index contributed by atoms with van der Waals surface area (Å²) in [5, 5.41) is 3.53. The van der Waals surface area contributed by atoms with Gasteiger partial charge >= 0.3 is 0 Å². The average Bonchev–Trinajstić information content (AvgIpc) is 2.94. The molecule has 1 aromatic carbocycles. The van der Waals surface area contributed by atoms with Gasteiger partial charge in [0, 0.05) is 11.9 Å². The number of aromatic nitrogens is 2. The molecule has 3 rings (SSSR count). The summed E-state index contributed by atoms with van der Waals surface area (Å²) in [7, 11) is 0. The number of carbonyl (C=O) groups is 1. The van der Waals surface area contributed by atoms with Crippen LogP contribution in [0.15, 0.2) is 39.8 Å². The first kappa shape index (κ1) is 15.2. The summed E-state index contributed by atoms with van der Waals surface area (Å²) >= 11 is 0. The Balaban J connectivity index is 1.88. The lowest BCUT2D eigenvalue weighted by Crippen LogP contribution is -2.36. The highest BCUT2D eigenvalue weighted by Crippen LogP contribution is 2.23. The van der Waals surface area contributed by atoms with E-state index in [1.165, 1.54) is 10.9 Å². The number of hydrogen-bond donors (Lipinski definition) is 2. The van der Waals surface area contributed by atoms with Crippen LogP contribution in [0.5, 0.6) is 0 Å². The molecular weight excluding hydrogens is 296 g/mol. The zero-order chi connectivity index (χ0) is 16.4. The molecule has 0 radical (unpaired) electrons. The van der Waals surface area contributed by atoms with Gasteiger partial charge < -0.3 is 15.5 Å². The van der Waals surface area contributed by atoms with Crippen LogP contribution in [-0.4, -0.2) is 28.5 Å². The molecule has 120 valence electrons. The van der Waals surface area contributed by atoms with Crippen LogP contribution in [0.2, 0.25) is 0 Å². The Kier molecular flexibility index (Phi) is 4.12. The molecule has 1 unspecified atom stereocenters. The summed E-state index contributed by atoms with van der Waals surface area (Å²) in [6.07, 6.45) is 1.37. The van der Waals surface area contributed by atoms with E-state index in [0.717, 1.165) is 5.39 Å². The zero-order valence-corrected chi connectivity index (χ0v) is 12.8. The second-order valence-corrected chi connectivity index (χ2v) is 5.60. The molecule has 23 heavy (non-hydrogen) atoms. The molecule has 2 heterocycles. The van der Waals surface area contributed by atoms with Gasteiger partial charge in [-0.1, -0.05) is 19.1 Å². The number of carbonyl (C=O) groups excluding carboxylic acids is 1. The van der Waals surface area contributed by atoms with E-state index in [1.807, 2.05) is 25.1 Å². The van der Waals surface area contributed by atoms with E-state index in [4.69, 9.17) is 10.2 Å². The molecule has 1 amide bonds. The van der Waals surface area contributed by atoms with E-state index in [0.29, 0.717) is 24.2 Å². The van der Waals surface area contributed by atoms with Crippen molar-refractivity contribution in [2.45, 2.75) is 13.5 Å². The number of hydrogen-bond acceptors (Lipinski definition) is 5. The first-order chi connectivity index (χ1) is 11.1. The van der Waals surface area contributed by atoms with Gasteiger partial charge in [-0.3, -0.25) is 14.2 Å². The molecule has 7 heteroatoms. The number of rotatable bonds is 5. The van der Waals surface area contributed by atoms with Gasteiger partial charge in [0.2, 0.25) is 11.5 Å². The summed E-state index contributed by atoms with van der Waals surface area (Å²) in [5.74, 6) is -0.0729. The number of amides is 1. The third kappa shape index (κ3) is 2.95. The van der Waals surface area contributed by atoms with E-state index in [9.17, 15) is 9.59 Å². The number of para-hydroxylation sites is 1. The van der Waals surface area contributed by atoms with Gasteiger partial charge in [-0.2, -0.15) is 0 Å². The number of nitrogens with one attached hydrogen (secondary N) is 1. The van der Waals surface area contributed by atoms with Crippen LogP contribution < -0.4 is 16.6 Å². The molecule has 0 saturated carbocycles. The van der Waals surface area contributed by atoms with Crippen molar-refractivity contribution < 1.29 is 9.21 Å². The lowest BCUT2D eigenvalue weighted by atomic mass is 10.2. The van der Waals surface area contributed by atoms with Crippen LogP contribution in [0.1, 0.15) is 6.92 Å². The van der Waals surface area contributed by atoms with Crippen LogP contribution >= 0.6 is 0 Å². The molecule has 2 aromatic heterocycles. The minimum absolute atomic E-state index is 0.101. The fourth-order valence-corrected chi connectivity index (χ4v) is 2.31. The third-order valence-electron chi connectivity index (χ3n) is 3.71. The van der Waals surface area contributed by atoms with Crippen LogP contribution in [0, 0.1) is 5.92 Å². The Morgan fingerprint density at radius 2 is 2.22 bits per heavy atom. The Bertz CT molecular complexity index is 912. The third-order valence-corrected chi connectivity index (χ3v) is 3.71. The van der Waals surface area contributed by atoms with E-state index in [1.54, 1.807) is 6.07 Å². The maximum atomic E-state index is 12.5. The van der Waals surface area contributed by atoms with Crippen LogP contribution in [0.3, 0.4) is 0 Å². The van der Waals surface area contributed by atoms with Crippen molar-refractivity contribution in [2.24, 2.45) is 11.7 Å². The van der Waals surface area contributed by atoms with Gasteiger partial charge in [-0.25, -0.2) is 4.98 Å². The molecule has 0 saturated heterocycles. The topological polar surface area (TPSA) is 103 Å². The summed E-state index contributed by atoms with van der Waals surface area (Å²) < 4.78 is 6.82. The summed E-state index contributed by atoms with van der Waals surface area (Å²) in [6, 6.07) is 7.31. The first-order valence-corrected chi connectivity index (χ1v) is 7.43. The summed E-state index contributed by atoms with van der Waals surface area (Å²) in [6.45, 7) is 2.81. The predicted molar refractivity (Wildman–Crippen MR) is 87.0 cm³/mol. The number of fused-ring (bicyclic) bond motifs is 3. The van der Waals surface area contributed by atoms with Crippen LogP contribution in [0.25, 0.3) is 22.1 Å². The minimum atomic E-state index is -0.367. The van der Waals surface area contributed by atoms with Crippen molar-refractivity contribution >= 4 is 28.0 Å². The predicted octanol–water partition coefficient (Wildman–Crippen LogP) is 0.854. The second kappa shape index (κ2) is 6.21. The van der Waals surface area contributed by atoms with Crippen molar-refractivity contribution in [1.29, 1.82) is 0 Å². The molecule has 0 aliphatic carbocycles. The highest BCUT2D eigenvalue weighted by atomic mass is 16.3. The number of furan rings is 1. The standard InChI is InChI=1S/C16H18N4O3/c1-10(6-17)7-18-13(21)8-20-9-19-14-11-4-2-3-5-12(11)23-15(14)16(20)22/h2-5,9-10H,6-8,17H2,1H3,(H,18,21). The first-order valence-electron chi connectivity index (χ1n) is 7.43. The van der Waals surface area contributed by atoms with Crippen molar-refractivity contribution in [2.75, 3.05) is 13.1 Å². The van der Waals surface area contributed by atoms with Gasteiger partial charge in [0.25, 0.3) is 5.56 Å². The molecule has 3 N–H and O–H groups in total. The average molecular weight is 314 g/mol. The largest absolute Gasteiger partial charge is 0.448 e. The zero-order valence-electron chi connectivity index (χ0n) is 12.8. The quantitative estimate of drug-likeness (QED) is 0.727. The highest BCUT2D eigenvalue weighted by Gasteiger charge is 2.14. The lowest BCUT2D eigenvalue weighted by Gasteiger charge is -2.10. The molecule has 3 aromatic rings. The Labute approximate surface area is 132 Å². The second-order valence-electron chi connectivity index (χ2n) is 5.60. The van der Waals surface area contributed by atoms with Gasteiger partial charge in [0.05, 0.1) is 6.33 Å². The van der Waals surface area contributed by atoms with Crippen LogP contribution in [-0.2, 0) is 11.3 Å². The van der Waals surface area contributed by atoms with Gasteiger partial charge in [0.1, 0.15) is 17.6 Å². The van der Waals surface area contributed by atoms with Crippen molar-refractivity contribution in [3.8, 4) is 0 Å². The number of nitrogens with zero attached hydrogens (tertiary/aromatic N) is 2. The summed E-state index contributed by atoms with van der Waals surface area (Å²) in [4.78, 5) is 28.6. The minimum Gasteiger partial charge on any atom is -0.448 e. The molecule has 0 bridgehead atoms. The fourth-order valence-electron chi connectivity index (χ4n) is 2.31. The molecule has 0 fully saturated rings. The van der Waals surface area contributed by atoms with Gasteiger partial charge in [0.15, 0.2) is 0 Å². The summed E-state index contributed by atoms with van der Waals surface area (Å²) in [5.41, 5.74) is 6.42. The van der Waals surface area contributed by atoms with Crippen molar-refractivity contribution in [1.82, 2.24) is 14.9 Å². The molecular formula is C16H18N4O3. The Hall–Kier alpha value is -2.67. The van der Waals surface area contributed by atoms with Crippen molar-refractivity contribution in [3.63, 3.8) is 0 Å². The van der Waals surface area contributed by atoms with E-state index >= 15 is 0 Å². The maximum absolute atomic E-state index is 12.5. The van der Waals surface area contributed by atoms with E-state index in [2.05, 4.69) is 10.3 Å². The normalized spacial score (nSPS) is 12.6. The number of nitrogens with two attached hydrogens (primary N) is 1. The van der Waals surface area contributed by atoms with E-state index in [-0.39, 0.29) is 29.5 Å². The van der Waals surface area contributed by atoms with Crippen molar-refractivity contribution in [3.05, 3.63) is 40.9 Å². The SMILES string of the molecule is CC(CN)CNC(=O)Cn1cnc2c(oc3ccccc32)c1=O. The molecule has 7 nitrogen and oxygen atoms in total. The highest BCUT2D eigenvalue weighted by molar-refractivity contribution is 6.01. The maximum Gasteiger partial charge on any atom is 0.297 e. The smallest absolute Gasteiger partial charge is 0.297 e. The van der Waals surface area contributed by atoms with E-state index < -0.39 is 0 Å². The Morgan fingerprint density at radius 1 is 1.43 bits per heavy atom. The Morgan fingerprint density at radius 3 is 3.00 bits per heavy atom. The monoisotopic (exact) mass is 314 g/mol.